The molecule has 136 valence electrons. The van der Waals surface area contributed by atoms with Gasteiger partial charge in [-0.2, -0.15) is 0 Å². The summed E-state index contributed by atoms with van der Waals surface area (Å²) in [5.41, 5.74) is 1.30. The highest BCUT2D eigenvalue weighted by Gasteiger charge is 2.26. The van der Waals surface area contributed by atoms with E-state index in [1.54, 1.807) is 25.3 Å². The summed E-state index contributed by atoms with van der Waals surface area (Å²) in [5, 5.41) is 2.94. The number of urea groups is 1. The topological polar surface area (TPSA) is 71.1 Å². The molecule has 2 heterocycles. The van der Waals surface area contributed by atoms with Crippen molar-refractivity contribution in [2.45, 2.75) is 32.1 Å². The van der Waals surface area contributed by atoms with Crippen molar-refractivity contribution in [2.75, 3.05) is 43.6 Å². The van der Waals surface area contributed by atoms with Gasteiger partial charge in [0.15, 0.2) is 0 Å². The van der Waals surface area contributed by atoms with Gasteiger partial charge in [0.1, 0.15) is 12.4 Å². The van der Waals surface area contributed by atoms with Gasteiger partial charge in [0, 0.05) is 24.8 Å². The number of benzene rings is 1. The molecule has 1 aromatic carbocycles. The number of nitrogens with one attached hydrogen (secondary N) is 1. The first kappa shape index (κ1) is 17.4. The van der Waals surface area contributed by atoms with E-state index in [0.717, 1.165) is 25.9 Å². The number of methoxy groups -OCH3 is 1. The van der Waals surface area contributed by atoms with Crippen molar-refractivity contribution in [1.82, 2.24) is 4.90 Å². The number of hydrogen-bond acceptors (Lipinski definition) is 4. The van der Waals surface area contributed by atoms with Gasteiger partial charge in [-0.25, -0.2) is 9.59 Å². The van der Waals surface area contributed by atoms with Crippen LogP contribution in [-0.4, -0.2) is 50.4 Å². The summed E-state index contributed by atoms with van der Waals surface area (Å²) in [6, 6.07) is 5.21. The zero-order valence-corrected chi connectivity index (χ0v) is 14.6. The average Bonchev–Trinajstić information content (AvgIpc) is 3.00. The van der Waals surface area contributed by atoms with Gasteiger partial charge < -0.3 is 19.7 Å². The van der Waals surface area contributed by atoms with Crippen LogP contribution in [0.5, 0.6) is 5.75 Å². The Balaban J connectivity index is 1.69. The first-order chi connectivity index (χ1) is 12.2. The van der Waals surface area contributed by atoms with Crippen molar-refractivity contribution in [1.29, 1.82) is 0 Å². The molecule has 2 aliphatic heterocycles. The van der Waals surface area contributed by atoms with Crippen LogP contribution in [-0.2, 0) is 4.74 Å². The highest BCUT2D eigenvalue weighted by Crippen LogP contribution is 2.33. The molecule has 0 aromatic heterocycles. The summed E-state index contributed by atoms with van der Waals surface area (Å²) in [6.07, 6.45) is 5.33. The second-order valence-corrected chi connectivity index (χ2v) is 6.34. The molecule has 2 aliphatic rings. The summed E-state index contributed by atoms with van der Waals surface area (Å²) in [5.74, 6) is 0.532. The van der Waals surface area contributed by atoms with E-state index in [4.69, 9.17) is 9.47 Å². The largest absolute Gasteiger partial charge is 0.494 e. The third-order valence-corrected chi connectivity index (χ3v) is 4.63. The highest BCUT2D eigenvalue weighted by molar-refractivity contribution is 5.93. The smallest absolute Gasteiger partial charge is 0.414 e. The molecule has 25 heavy (non-hydrogen) atoms. The fourth-order valence-electron chi connectivity index (χ4n) is 3.24. The summed E-state index contributed by atoms with van der Waals surface area (Å²) in [4.78, 5) is 27.7. The number of carbonyl (C=O) groups excluding carboxylic acids is 2. The summed E-state index contributed by atoms with van der Waals surface area (Å²) < 4.78 is 10.4. The Labute approximate surface area is 147 Å². The van der Waals surface area contributed by atoms with Crippen molar-refractivity contribution >= 4 is 23.5 Å². The molecule has 3 rings (SSSR count). The van der Waals surface area contributed by atoms with Crippen LogP contribution in [0.4, 0.5) is 21.0 Å². The number of likely N-dealkylation sites (tertiary alicyclic amines) is 1. The molecule has 7 nitrogen and oxygen atoms in total. The molecule has 2 fully saturated rings. The number of nitrogens with zero attached hydrogens (tertiary/aromatic N) is 2. The van der Waals surface area contributed by atoms with E-state index in [9.17, 15) is 9.59 Å². The first-order valence-corrected chi connectivity index (χ1v) is 8.87. The predicted molar refractivity (Wildman–Crippen MR) is 95.4 cm³/mol. The minimum absolute atomic E-state index is 0.0858. The second-order valence-electron chi connectivity index (χ2n) is 6.34. The van der Waals surface area contributed by atoms with Crippen molar-refractivity contribution in [3.8, 4) is 5.75 Å². The molecule has 0 bridgehead atoms. The van der Waals surface area contributed by atoms with Gasteiger partial charge >= 0.3 is 12.1 Å². The van der Waals surface area contributed by atoms with Crippen LogP contribution < -0.4 is 15.0 Å². The van der Waals surface area contributed by atoms with Crippen LogP contribution in [0, 0.1) is 0 Å². The lowest BCUT2D eigenvalue weighted by Crippen LogP contribution is -2.37. The maximum atomic E-state index is 12.5. The first-order valence-electron chi connectivity index (χ1n) is 8.87. The maximum absolute atomic E-state index is 12.5. The SMILES string of the molecule is COc1cc(NC(=O)N2CCCCCCC2)ccc1N1CCOC1=O. The third-order valence-electron chi connectivity index (χ3n) is 4.63. The number of anilines is 2. The zero-order valence-electron chi connectivity index (χ0n) is 14.6. The monoisotopic (exact) mass is 347 g/mol. The van der Waals surface area contributed by atoms with Crippen LogP contribution in [0.15, 0.2) is 18.2 Å². The lowest BCUT2D eigenvalue weighted by atomic mass is 10.1. The Morgan fingerprint density at radius 3 is 2.48 bits per heavy atom. The van der Waals surface area contributed by atoms with E-state index in [-0.39, 0.29) is 12.1 Å². The van der Waals surface area contributed by atoms with E-state index >= 15 is 0 Å². The fraction of sp³-hybridized carbons (Fsp3) is 0.556. The molecule has 2 saturated heterocycles. The van der Waals surface area contributed by atoms with E-state index in [2.05, 4.69) is 5.32 Å². The highest BCUT2D eigenvalue weighted by atomic mass is 16.6. The standard InChI is InChI=1S/C18H25N3O4/c1-24-16-13-14(7-8-15(16)21-11-12-25-18(21)23)19-17(22)20-9-5-3-2-4-6-10-20/h7-8,13H,2-6,9-12H2,1H3,(H,19,22). The molecular weight excluding hydrogens is 322 g/mol. The van der Waals surface area contributed by atoms with E-state index in [1.165, 1.54) is 24.2 Å². The Bertz CT molecular complexity index is 627. The van der Waals surface area contributed by atoms with Crippen LogP contribution in [0.25, 0.3) is 0 Å². The van der Waals surface area contributed by atoms with Crippen LogP contribution in [0.1, 0.15) is 32.1 Å². The normalized spacial score (nSPS) is 18.4. The van der Waals surface area contributed by atoms with Crippen LogP contribution in [0.2, 0.25) is 0 Å². The number of amides is 3. The minimum atomic E-state index is -0.379. The van der Waals surface area contributed by atoms with Crippen molar-refractivity contribution < 1.29 is 19.1 Å². The predicted octanol–water partition coefficient (Wildman–Crippen LogP) is 3.45. The Morgan fingerprint density at radius 1 is 1.12 bits per heavy atom. The van der Waals surface area contributed by atoms with Gasteiger partial charge in [-0.05, 0) is 25.0 Å². The molecule has 0 radical (unpaired) electrons. The van der Waals surface area contributed by atoms with E-state index < -0.39 is 0 Å². The number of hydrogen-bond donors (Lipinski definition) is 1. The summed E-state index contributed by atoms with van der Waals surface area (Å²) in [6.45, 7) is 2.45. The zero-order chi connectivity index (χ0) is 17.6. The fourth-order valence-corrected chi connectivity index (χ4v) is 3.24. The lowest BCUT2D eigenvalue weighted by molar-refractivity contribution is 0.181. The molecule has 7 heteroatoms. The number of cyclic esters (lactones) is 1. The Kier molecular flexibility index (Phi) is 5.63. The van der Waals surface area contributed by atoms with Crippen molar-refractivity contribution in [3.63, 3.8) is 0 Å². The van der Waals surface area contributed by atoms with Gasteiger partial charge in [0.25, 0.3) is 0 Å². The number of rotatable bonds is 3. The molecule has 1 N–H and O–H groups in total. The number of ether oxygens (including phenoxy) is 2. The molecule has 0 aliphatic carbocycles. The molecule has 0 unspecified atom stereocenters. The van der Waals surface area contributed by atoms with Gasteiger partial charge in [-0.1, -0.05) is 19.3 Å². The average molecular weight is 347 g/mol. The second kappa shape index (κ2) is 8.09. The Morgan fingerprint density at radius 2 is 1.84 bits per heavy atom. The summed E-state index contributed by atoms with van der Waals surface area (Å²) >= 11 is 0. The molecular formula is C18H25N3O4. The maximum Gasteiger partial charge on any atom is 0.414 e. The molecule has 3 amide bonds. The van der Waals surface area contributed by atoms with Gasteiger partial charge in [0.2, 0.25) is 0 Å². The van der Waals surface area contributed by atoms with Crippen molar-refractivity contribution in [3.05, 3.63) is 18.2 Å². The summed E-state index contributed by atoms with van der Waals surface area (Å²) in [7, 11) is 1.55. The van der Waals surface area contributed by atoms with Gasteiger partial charge in [-0.3, -0.25) is 4.90 Å². The number of carbonyl (C=O) groups is 2. The Hall–Kier alpha value is -2.44. The minimum Gasteiger partial charge on any atom is -0.494 e. The quantitative estimate of drug-likeness (QED) is 0.909. The molecule has 0 atom stereocenters. The van der Waals surface area contributed by atoms with E-state index in [0.29, 0.717) is 30.3 Å². The molecule has 0 spiro atoms. The van der Waals surface area contributed by atoms with Crippen LogP contribution >= 0.6 is 0 Å². The lowest BCUT2D eigenvalue weighted by Gasteiger charge is -2.25. The van der Waals surface area contributed by atoms with E-state index in [1.807, 2.05) is 4.90 Å². The van der Waals surface area contributed by atoms with Crippen LogP contribution in [0.3, 0.4) is 0 Å². The molecule has 1 aromatic rings. The van der Waals surface area contributed by atoms with Gasteiger partial charge in [0.05, 0.1) is 19.3 Å². The third kappa shape index (κ3) is 4.15. The van der Waals surface area contributed by atoms with Crippen molar-refractivity contribution in [2.24, 2.45) is 0 Å². The molecule has 0 saturated carbocycles. The van der Waals surface area contributed by atoms with Gasteiger partial charge in [-0.15, -0.1) is 0 Å².